The zero-order chi connectivity index (χ0) is 9.14. The molecule has 1 aromatic carbocycles. The third-order valence-corrected chi connectivity index (χ3v) is 1.66. The molecule has 1 aromatic rings. The number of hydrogen-bond acceptors (Lipinski definition) is 2. The molecule has 0 heterocycles. The fourth-order valence-corrected chi connectivity index (χ4v) is 1.03. The van der Waals surface area contributed by atoms with Crippen molar-refractivity contribution in [2.75, 3.05) is 0 Å². The molecule has 62 valence electrons. The molecule has 0 aliphatic rings. The van der Waals surface area contributed by atoms with Crippen LogP contribution in [0, 0.1) is 6.92 Å². The van der Waals surface area contributed by atoms with E-state index < -0.39 is 0 Å². The standard InChI is InChI=1S/C10H10O2/c1-3-10(12)9-5-4-8(11)6-7(9)2/h3-6,11H,1H2,2H3. The molecule has 0 radical (unpaired) electrons. The number of allylic oxidation sites excluding steroid dienone is 1. The Kier molecular flexibility index (Phi) is 2.29. The number of ketones is 1. The lowest BCUT2D eigenvalue weighted by atomic mass is 10.0. The molecular formula is C10H10O2. The number of rotatable bonds is 2. The molecule has 0 spiro atoms. The fourth-order valence-electron chi connectivity index (χ4n) is 1.03. The summed E-state index contributed by atoms with van der Waals surface area (Å²) in [6, 6.07) is 4.63. The van der Waals surface area contributed by atoms with Crippen molar-refractivity contribution in [2.24, 2.45) is 0 Å². The van der Waals surface area contributed by atoms with Gasteiger partial charge in [0.2, 0.25) is 0 Å². The van der Waals surface area contributed by atoms with Crippen LogP contribution in [0.2, 0.25) is 0 Å². The molecule has 12 heavy (non-hydrogen) atoms. The van der Waals surface area contributed by atoms with Gasteiger partial charge < -0.3 is 5.11 Å². The maximum absolute atomic E-state index is 11.1. The molecule has 2 nitrogen and oxygen atoms in total. The van der Waals surface area contributed by atoms with Crippen molar-refractivity contribution in [1.82, 2.24) is 0 Å². The van der Waals surface area contributed by atoms with Crippen LogP contribution in [0.15, 0.2) is 30.9 Å². The second-order valence-corrected chi connectivity index (χ2v) is 2.57. The number of aromatic hydroxyl groups is 1. The quantitative estimate of drug-likeness (QED) is 0.534. The van der Waals surface area contributed by atoms with Crippen LogP contribution in [-0.2, 0) is 0 Å². The Morgan fingerprint density at radius 3 is 2.75 bits per heavy atom. The number of benzene rings is 1. The van der Waals surface area contributed by atoms with Crippen molar-refractivity contribution in [2.45, 2.75) is 6.92 Å². The molecule has 0 aliphatic carbocycles. The van der Waals surface area contributed by atoms with E-state index in [0.29, 0.717) is 5.56 Å². The Balaban J connectivity index is 3.18. The molecule has 0 unspecified atom stereocenters. The summed E-state index contributed by atoms with van der Waals surface area (Å²) in [5.41, 5.74) is 1.35. The maximum Gasteiger partial charge on any atom is 0.185 e. The summed E-state index contributed by atoms with van der Waals surface area (Å²) in [6.45, 7) is 5.16. The SMILES string of the molecule is C=CC(=O)c1ccc(O)cc1C. The van der Waals surface area contributed by atoms with E-state index in [1.165, 1.54) is 12.1 Å². The van der Waals surface area contributed by atoms with E-state index in [0.717, 1.165) is 5.56 Å². The summed E-state index contributed by atoms with van der Waals surface area (Å²) in [4.78, 5) is 11.1. The number of hydrogen-bond donors (Lipinski definition) is 1. The van der Waals surface area contributed by atoms with E-state index in [1.54, 1.807) is 19.1 Å². The van der Waals surface area contributed by atoms with E-state index in [9.17, 15) is 4.79 Å². The number of aryl methyl sites for hydroxylation is 1. The van der Waals surface area contributed by atoms with E-state index in [2.05, 4.69) is 6.58 Å². The third kappa shape index (κ3) is 1.53. The van der Waals surface area contributed by atoms with Gasteiger partial charge in [-0.15, -0.1) is 0 Å². The molecule has 0 aliphatic heterocycles. The average Bonchev–Trinajstić information content (AvgIpc) is 2.03. The van der Waals surface area contributed by atoms with Crippen molar-refractivity contribution in [3.63, 3.8) is 0 Å². The van der Waals surface area contributed by atoms with E-state index in [-0.39, 0.29) is 11.5 Å². The highest BCUT2D eigenvalue weighted by atomic mass is 16.3. The Hall–Kier alpha value is -1.57. The monoisotopic (exact) mass is 162 g/mol. The minimum atomic E-state index is -0.118. The van der Waals surface area contributed by atoms with Crippen LogP contribution >= 0.6 is 0 Å². The second kappa shape index (κ2) is 3.22. The average molecular weight is 162 g/mol. The Labute approximate surface area is 71.2 Å². The lowest BCUT2D eigenvalue weighted by Gasteiger charge is -2.01. The van der Waals surface area contributed by atoms with Crippen LogP contribution in [-0.4, -0.2) is 10.9 Å². The van der Waals surface area contributed by atoms with E-state index in [1.807, 2.05) is 0 Å². The highest BCUT2D eigenvalue weighted by molar-refractivity contribution is 6.05. The first-order valence-corrected chi connectivity index (χ1v) is 3.61. The molecular weight excluding hydrogens is 152 g/mol. The lowest BCUT2D eigenvalue weighted by molar-refractivity contribution is 0.104. The number of phenolic OH excluding ortho intramolecular Hbond substituents is 1. The van der Waals surface area contributed by atoms with Gasteiger partial charge in [0, 0.05) is 5.56 Å². The van der Waals surface area contributed by atoms with Crippen LogP contribution < -0.4 is 0 Å². The summed E-state index contributed by atoms with van der Waals surface area (Å²) in [5, 5.41) is 9.05. The molecule has 0 amide bonds. The fraction of sp³-hybridized carbons (Fsp3) is 0.100. The molecule has 0 bridgehead atoms. The van der Waals surface area contributed by atoms with Gasteiger partial charge in [-0.1, -0.05) is 6.58 Å². The Bertz CT molecular complexity index is 327. The summed E-state index contributed by atoms with van der Waals surface area (Å²) in [5.74, 6) is 0.0561. The zero-order valence-electron chi connectivity index (χ0n) is 6.87. The van der Waals surface area contributed by atoms with Gasteiger partial charge in [-0.2, -0.15) is 0 Å². The molecule has 0 atom stereocenters. The van der Waals surface area contributed by atoms with Crippen LogP contribution in [0.4, 0.5) is 0 Å². The van der Waals surface area contributed by atoms with Crippen molar-refractivity contribution < 1.29 is 9.90 Å². The zero-order valence-corrected chi connectivity index (χ0v) is 6.87. The maximum atomic E-state index is 11.1. The second-order valence-electron chi connectivity index (χ2n) is 2.57. The molecule has 2 heteroatoms. The largest absolute Gasteiger partial charge is 0.508 e. The molecule has 0 aromatic heterocycles. The van der Waals surface area contributed by atoms with Crippen LogP contribution in [0.25, 0.3) is 0 Å². The topological polar surface area (TPSA) is 37.3 Å². The van der Waals surface area contributed by atoms with Gasteiger partial charge in [-0.05, 0) is 36.8 Å². The van der Waals surface area contributed by atoms with Gasteiger partial charge in [-0.25, -0.2) is 0 Å². The first kappa shape index (κ1) is 8.53. The Morgan fingerprint density at radius 1 is 1.58 bits per heavy atom. The van der Waals surface area contributed by atoms with Crippen molar-refractivity contribution in [3.8, 4) is 5.75 Å². The first-order chi connectivity index (χ1) is 5.65. The van der Waals surface area contributed by atoms with Gasteiger partial charge in [0.1, 0.15) is 5.75 Å². The molecule has 1 rings (SSSR count). The molecule has 0 saturated heterocycles. The Morgan fingerprint density at radius 2 is 2.25 bits per heavy atom. The van der Waals surface area contributed by atoms with E-state index >= 15 is 0 Å². The normalized spacial score (nSPS) is 9.42. The highest BCUT2D eigenvalue weighted by Gasteiger charge is 2.04. The van der Waals surface area contributed by atoms with Gasteiger partial charge in [0.15, 0.2) is 5.78 Å². The van der Waals surface area contributed by atoms with Crippen LogP contribution in [0.1, 0.15) is 15.9 Å². The summed E-state index contributed by atoms with van der Waals surface area (Å²) < 4.78 is 0. The van der Waals surface area contributed by atoms with Gasteiger partial charge >= 0.3 is 0 Å². The number of phenols is 1. The van der Waals surface area contributed by atoms with Crippen molar-refractivity contribution >= 4 is 5.78 Å². The van der Waals surface area contributed by atoms with Gasteiger partial charge in [0.05, 0.1) is 0 Å². The number of carbonyl (C=O) groups excluding carboxylic acids is 1. The lowest BCUT2D eigenvalue weighted by Crippen LogP contribution is -1.96. The highest BCUT2D eigenvalue weighted by Crippen LogP contribution is 2.15. The van der Waals surface area contributed by atoms with Crippen LogP contribution in [0.5, 0.6) is 5.75 Å². The van der Waals surface area contributed by atoms with Crippen molar-refractivity contribution in [3.05, 3.63) is 42.0 Å². The van der Waals surface area contributed by atoms with Crippen molar-refractivity contribution in [1.29, 1.82) is 0 Å². The first-order valence-electron chi connectivity index (χ1n) is 3.61. The minimum Gasteiger partial charge on any atom is -0.508 e. The summed E-state index contributed by atoms with van der Waals surface area (Å²) >= 11 is 0. The molecule has 0 saturated carbocycles. The number of carbonyl (C=O) groups is 1. The molecule has 0 fully saturated rings. The van der Waals surface area contributed by atoms with Crippen LogP contribution in [0.3, 0.4) is 0 Å². The van der Waals surface area contributed by atoms with Gasteiger partial charge in [-0.3, -0.25) is 4.79 Å². The predicted molar refractivity (Wildman–Crippen MR) is 47.4 cm³/mol. The van der Waals surface area contributed by atoms with Gasteiger partial charge in [0.25, 0.3) is 0 Å². The molecule has 1 N–H and O–H groups in total. The summed E-state index contributed by atoms with van der Waals surface area (Å²) in [7, 11) is 0. The minimum absolute atomic E-state index is 0.118. The predicted octanol–water partition coefficient (Wildman–Crippen LogP) is 2.07. The third-order valence-electron chi connectivity index (χ3n) is 1.66. The van der Waals surface area contributed by atoms with E-state index in [4.69, 9.17) is 5.11 Å². The summed E-state index contributed by atoms with van der Waals surface area (Å²) in [6.07, 6.45) is 1.26. The smallest absolute Gasteiger partial charge is 0.185 e.